The molecule has 1 aromatic carbocycles. The van der Waals surface area contributed by atoms with Crippen molar-refractivity contribution in [3.05, 3.63) is 56.8 Å². The molecule has 18 heavy (non-hydrogen) atoms. The normalized spacial score (nSPS) is 10.7. The van der Waals surface area contributed by atoms with Crippen molar-refractivity contribution in [1.29, 1.82) is 0 Å². The number of azide groups is 1. The van der Waals surface area contributed by atoms with E-state index in [1.54, 1.807) is 12.3 Å². The number of fused-ring (bicyclic) bond motifs is 1. The van der Waals surface area contributed by atoms with E-state index in [4.69, 9.17) is 5.53 Å². The van der Waals surface area contributed by atoms with E-state index in [1.165, 1.54) is 0 Å². The van der Waals surface area contributed by atoms with Crippen LogP contribution in [0.1, 0.15) is 12.0 Å². The zero-order valence-electron chi connectivity index (χ0n) is 9.58. The summed E-state index contributed by atoms with van der Waals surface area (Å²) in [6.07, 6.45) is 6.16. The zero-order chi connectivity index (χ0) is 12.8. The Morgan fingerprint density at radius 3 is 3.22 bits per heavy atom. The molecule has 1 aromatic heterocycles. The number of H-pyrrole nitrogens is 1. The van der Waals surface area contributed by atoms with Crippen LogP contribution in [0.2, 0.25) is 0 Å². The summed E-state index contributed by atoms with van der Waals surface area (Å²) in [5.41, 5.74) is 8.92. The lowest BCUT2D eigenvalue weighted by Crippen LogP contribution is -2.06. The van der Waals surface area contributed by atoms with Gasteiger partial charge in [0.1, 0.15) is 0 Å². The lowest BCUT2D eigenvalue weighted by Gasteiger charge is -1.97. The smallest absolute Gasteiger partial charge is 0.267 e. The molecule has 0 amide bonds. The number of aromatic amines is 1. The van der Waals surface area contributed by atoms with Gasteiger partial charge in [0.2, 0.25) is 0 Å². The summed E-state index contributed by atoms with van der Waals surface area (Å²) in [7, 11) is 0. The van der Waals surface area contributed by atoms with Crippen molar-refractivity contribution in [3.63, 3.8) is 0 Å². The molecule has 0 radical (unpaired) electrons. The van der Waals surface area contributed by atoms with Crippen LogP contribution in [0.25, 0.3) is 27.3 Å². The molecule has 0 aliphatic heterocycles. The second kappa shape index (κ2) is 5.65. The minimum absolute atomic E-state index is 0.189. The van der Waals surface area contributed by atoms with Crippen molar-refractivity contribution < 1.29 is 0 Å². The number of nitrogens with one attached hydrogen (secondary N) is 1. The number of rotatable bonds is 4. The Labute approximate surface area is 103 Å². The van der Waals surface area contributed by atoms with Crippen molar-refractivity contribution >= 4 is 16.8 Å². The van der Waals surface area contributed by atoms with Crippen LogP contribution in [0.4, 0.5) is 0 Å². The summed E-state index contributed by atoms with van der Waals surface area (Å²) in [6.45, 7) is 0.446. The third-order valence-electron chi connectivity index (χ3n) is 2.46. The summed E-state index contributed by atoms with van der Waals surface area (Å²) in [4.78, 5) is 14.1. The highest BCUT2D eigenvalue weighted by molar-refractivity contribution is 5.82. The summed E-state index contributed by atoms with van der Waals surface area (Å²) in [5, 5.41) is 11.0. The molecule has 0 saturated heterocycles. The molecule has 90 valence electrons. The van der Waals surface area contributed by atoms with Gasteiger partial charge in [-0.1, -0.05) is 23.3 Å². The Kier molecular flexibility index (Phi) is 3.73. The highest BCUT2D eigenvalue weighted by Gasteiger charge is 1.98. The van der Waals surface area contributed by atoms with Gasteiger partial charge in [0, 0.05) is 16.8 Å². The molecular formula is C12H11N5O. The van der Waals surface area contributed by atoms with E-state index in [0.29, 0.717) is 18.4 Å². The Morgan fingerprint density at radius 1 is 1.50 bits per heavy atom. The van der Waals surface area contributed by atoms with Crippen molar-refractivity contribution in [2.45, 2.75) is 6.42 Å². The minimum atomic E-state index is -0.189. The van der Waals surface area contributed by atoms with Crippen molar-refractivity contribution in [1.82, 2.24) is 10.2 Å². The molecule has 0 unspecified atom stereocenters. The monoisotopic (exact) mass is 241 g/mol. The molecule has 0 fully saturated rings. The molecule has 6 heteroatoms. The first-order valence-electron chi connectivity index (χ1n) is 5.46. The van der Waals surface area contributed by atoms with Crippen molar-refractivity contribution in [3.8, 4) is 0 Å². The molecule has 1 N–H and O–H groups in total. The quantitative estimate of drug-likeness (QED) is 0.385. The molecule has 0 atom stereocenters. The lowest BCUT2D eigenvalue weighted by atomic mass is 10.1. The number of benzene rings is 1. The van der Waals surface area contributed by atoms with Crippen LogP contribution in [0.15, 0.2) is 40.4 Å². The fourth-order valence-electron chi connectivity index (χ4n) is 1.62. The average molecular weight is 241 g/mol. The molecule has 0 spiro atoms. The highest BCUT2D eigenvalue weighted by atomic mass is 16.1. The van der Waals surface area contributed by atoms with Gasteiger partial charge in [-0.25, -0.2) is 5.10 Å². The molecule has 0 aliphatic carbocycles. The maximum Gasteiger partial charge on any atom is 0.272 e. The van der Waals surface area contributed by atoms with Gasteiger partial charge in [0.05, 0.1) is 11.6 Å². The molecule has 0 bridgehead atoms. The van der Waals surface area contributed by atoms with Gasteiger partial charge in [-0.15, -0.1) is 0 Å². The summed E-state index contributed by atoms with van der Waals surface area (Å²) < 4.78 is 0. The van der Waals surface area contributed by atoms with Crippen LogP contribution < -0.4 is 5.56 Å². The summed E-state index contributed by atoms with van der Waals surface area (Å²) in [5.74, 6) is 0. The molecule has 2 rings (SSSR count). The zero-order valence-corrected chi connectivity index (χ0v) is 9.58. The van der Waals surface area contributed by atoms with E-state index in [2.05, 4.69) is 20.2 Å². The van der Waals surface area contributed by atoms with Gasteiger partial charge in [-0.2, -0.15) is 5.10 Å². The lowest BCUT2D eigenvalue weighted by molar-refractivity contribution is 0.995. The largest absolute Gasteiger partial charge is 0.272 e. The standard InChI is InChI=1S/C12H11N5O/c13-17-14-6-2-1-3-9-4-5-11-10(7-9)8-15-16-12(11)18/h1,3-5,7-8H,2,6H2,(H,16,18). The second-order valence-electron chi connectivity index (χ2n) is 3.69. The van der Waals surface area contributed by atoms with Crippen LogP contribution in [-0.2, 0) is 0 Å². The topological polar surface area (TPSA) is 94.5 Å². The molecule has 6 nitrogen and oxygen atoms in total. The van der Waals surface area contributed by atoms with Gasteiger partial charge in [0.25, 0.3) is 5.56 Å². The SMILES string of the molecule is [N-]=[N+]=NCCC=Cc1ccc2c(=O)[nH]ncc2c1. The van der Waals surface area contributed by atoms with Crippen molar-refractivity contribution in [2.24, 2.45) is 5.11 Å². The Morgan fingerprint density at radius 2 is 2.39 bits per heavy atom. The van der Waals surface area contributed by atoms with Gasteiger partial charge in [-0.05, 0) is 29.6 Å². The summed E-state index contributed by atoms with van der Waals surface area (Å²) in [6, 6.07) is 5.52. The maximum absolute atomic E-state index is 11.4. The van der Waals surface area contributed by atoms with Crippen LogP contribution >= 0.6 is 0 Å². The van der Waals surface area contributed by atoms with Crippen molar-refractivity contribution in [2.75, 3.05) is 6.54 Å². The third kappa shape index (κ3) is 2.75. The molecule has 0 aliphatic rings. The van der Waals surface area contributed by atoms with E-state index in [0.717, 1.165) is 10.9 Å². The highest BCUT2D eigenvalue weighted by Crippen LogP contribution is 2.12. The predicted octanol–water partition coefficient (Wildman–Crippen LogP) is 2.64. The van der Waals surface area contributed by atoms with Gasteiger partial charge < -0.3 is 0 Å². The van der Waals surface area contributed by atoms with E-state index in [9.17, 15) is 4.79 Å². The third-order valence-corrected chi connectivity index (χ3v) is 2.46. The number of aromatic nitrogens is 2. The second-order valence-corrected chi connectivity index (χ2v) is 3.69. The predicted molar refractivity (Wildman–Crippen MR) is 70.0 cm³/mol. The fraction of sp³-hybridized carbons (Fsp3) is 0.167. The van der Waals surface area contributed by atoms with Gasteiger partial charge in [0.15, 0.2) is 0 Å². The number of hydrogen-bond donors (Lipinski definition) is 1. The molecule has 2 aromatic rings. The number of hydrogen-bond acceptors (Lipinski definition) is 3. The van der Waals surface area contributed by atoms with E-state index < -0.39 is 0 Å². The minimum Gasteiger partial charge on any atom is -0.267 e. The first-order chi connectivity index (χ1) is 8.81. The Hall–Kier alpha value is -2.59. The van der Waals surface area contributed by atoms with E-state index in [1.807, 2.05) is 24.3 Å². The van der Waals surface area contributed by atoms with E-state index in [-0.39, 0.29) is 5.56 Å². The molecule has 1 heterocycles. The molecule has 0 saturated carbocycles. The van der Waals surface area contributed by atoms with Gasteiger partial charge in [-0.3, -0.25) is 4.79 Å². The average Bonchev–Trinajstić information content (AvgIpc) is 2.39. The summed E-state index contributed by atoms with van der Waals surface area (Å²) >= 11 is 0. The van der Waals surface area contributed by atoms with Crippen LogP contribution in [-0.4, -0.2) is 16.7 Å². The maximum atomic E-state index is 11.4. The van der Waals surface area contributed by atoms with Gasteiger partial charge >= 0.3 is 0 Å². The van der Waals surface area contributed by atoms with Crippen LogP contribution in [0.3, 0.4) is 0 Å². The number of nitrogens with zero attached hydrogens (tertiary/aromatic N) is 4. The first-order valence-corrected chi connectivity index (χ1v) is 5.46. The van der Waals surface area contributed by atoms with Crippen LogP contribution in [0, 0.1) is 0 Å². The van der Waals surface area contributed by atoms with E-state index >= 15 is 0 Å². The van der Waals surface area contributed by atoms with Crippen LogP contribution in [0.5, 0.6) is 0 Å². The first kappa shape index (κ1) is 11.9. The fourth-order valence-corrected chi connectivity index (χ4v) is 1.62. The Balaban J connectivity index is 2.20. The molecular weight excluding hydrogens is 230 g/mol. The Bertz CT molecular complexity index is 682.